The topological polar surface area (TPSA) is 50.4 Å². The summed E-state index contributed by atoms with van der Waals surface area (Å²) in [4.78, 5) is 0. The van der Waals surface area contributed by atoms with Crippen LogP contribution in [-0.4, -0.2) is 10.8 Å². The van der Waals surface area contributed by atoms with Gasteiger partial charge in [0.25, 0.3) is 0 Å². The van der Waals surface area contributed by atoms with Crippen LogP contribution in [0.15, 0.2) is 5.10 Å². The van der Waals surface area contributed by atoms with E-state index in [1.807, 2.05) is 0 Å². The van der Waals surface area contributed by atoms with Gasteiger partial charge in [0.15, 0.2) is 5.11 Å². The summed E-state index contributed by atoms with van der Waals surface area (Å²) in [7, 11) is 0. The lowest BCUT2D eigenvalue weighted by atomic mass is 9.45. The molecule has 4 unspecified atom stereocenters. The summed E-state index contributed by atoms with van der Waals surface area (Å²) in [5.41, 5.74) is 10.7. The van der Waals surface area contributed by atoms with E-state index in [1.54, 1.807) is 0 Å². The maximum atomic E-state index is 5.59. The molecule has 0 radical (unpaired) electrons. The van der Waals surface area contributed by atoms with Gasteiger partial charge in [-0.2, -0.15) is 5.10 Å². The van der Waals surface area contributed by atoms with Crippen LogP contribution in [0.4, 0.5) is 0 Å². The van der Waals surface area contributed by atoms with Gasteiger partial charge in [-0.3, -0.25) is 5.43 Å². The maximum Gasteiger partial charge on any atom is 0.184 e. The van der Waals surface area contributed by atoms with Gasteiger partial charge in [-0.15, -0.1) is 0 Å². The molecule has 4 rings (SSSR count). The highest BCUT2D eigenvalue weighted by Gasteiger charge is 2.58. The highest BCUT2D eigenvalue weighted by molar-refractivity contribution is 7.80. The number of thiocarbonyl (C=S) groups is 1. The molecular formula is C20H33N3S. The number of nitrogens with zero attached hydrogens (tertiary/aromatic N) is 1. The van der Waals surface area contributed by atoms with Gasteiger partial charge in [-0.25, -0.2) is 0 Å². The first-order valence-electron chi connectivity index (χ1n) is 10.1. The third-order valence-electron chi connectivity index (χ3n) is 8.63. The Hall–Kier alpha value is -0.640. The zero-order valence-corrected chi connectivity index (χ0v) is 16.1. The first-order chi connectivity index (χ1) is 11.4. The zero-order valence-electron chi connectivity index (χ0n) is 15.3. The highest BCUT2D eigenvalue weighted by Crippen LogP contribution is 2.65. The van der Waals surface area contributed by atoms with Gasteiger partial charge < -0.3 is 5.73 Å². The summed E-state index contributed by atoms with van der Waals surface area (Å²) < 4.78 is 0. The van der Waals surface area contributed by atoms with Crippen LogP contribution < -0.4 is 11.2 Å². The summed E-state index contributed by atoms with van der Waals surface area (Å²) in [6.07, 6.45) is 14.0. The zero-order chi connectivity index (χ0) is 16.9. The van der Waals surface area contributed by atoms with Crippen molar-refractivity contribution in [1.29, 1.82) is 0 Å². The Morgan fingerprint density at radius 2 is 1.92 bits per heavy atom. The van der Waals surface area contributed by atoms with Crippen LogP contribution in [0, 0.1) is 34.5 Å². The van der Waals surface area contributed by atoms with Crippen LogP contribution in [-0.2, 0) is 0 Å². The minimum absolute atomic E-state index is 0.275. The van der Waals surface area contributed by atoms with Crippen molar-refractivity contribution in [3.8, 4) is 0 Å². The standard InChI is InChI=1S/C20H33N3S/c1-19-11-4-3-5-13(19)6-7-14-15-8-9-17(22-23-18(21)24)20(15,2)12-10-16(14)19/h13-16H,3-12H2,1-2H3,(H3,21,23,24)/b22-17+/t13?,14?,15?,16?,19-,20-/m0/s1. The molecule has 0 spiro atoms. The quantitative estimate of drug-likeness (QED) is 0.538. The molecule has 4 aliphatic carbocycles. The predicted molar refractivity (Wildman–Crippen MR) is 104 cm³/mol. The average molecular weight is 348 g/mol. The number of fused-ring (bicyclic) bond motifs is 5. The molecule has 0 bridgehead atoms. The van der Waals surface area contributed by atoms with E-state index in [-0.39, 0.29) is 5.41 Å². The molecule has 4 aliphatic rings. The van der Waals surface area contributed by atoms with Crippen LogP contribution in [0.1, 0.15) is 78.1 Å². The third kappa shape index (κ3) is 2.43. The van der Waals surface area contributed by atoms with Crippen molar-refractivity contribution < 1.29 is 0 Å². The molecule has 0 aromatic rings. The highest BCUT2D eigenvalue weighted by atomic mass is 32.1. The van der Waals surface area contributed by atoms with Crippen molar-refractivity contribution in [2.45, 2.75) is 78.1 Å². The van der Waals surface area contributed by atoms with E-state index in [9.17, 15) is 0 Å². The van der Waals surface area contributed by atoms with Gasteiger partial charge in [-0.05, 0) is 92.7 Å². The molecule has 0 aliphatic heterocycles. The van der Waals surface area contributed by atoms with Crippen LogP contribution >= 0.6 is 12.2 Å². The molecule has 4 saturated carbocycles. The molecule has 4 heteroatoms. The fourth-order valence-electron chi connectivity index (χ4n) is 7.39. The van der Waals surface area contributed by atoms with E-state index in [4.69, 9.17) is 18.0 Å². The molecule has 0 aromatic carbocycles. The first-order valence-corrected chi connectivity index (χ1v) is 10.5. The van der Waals surface area contributed by atoms with Crippen molar-refractivity contribution in [2.24, 2.45) is 45.3 Å². The van der Waals surface area contributed by atoms with Gasteiger partial charge in [0.2, 0.25) is 0 Å². The molecule has 3 N–H and O–H groups in total. The average Bonchev–Trinajstić information content (AvgIpc) is 2.89. The van der Waals surface area contributed by atoms with E-state index >= 15 is 0 Å². The van der Waals surface area contributed by atoms with E-state index < -0.39 is 0 Å². The minimum Gasteiger partial charge on any atom is -0.375 e. The molecule has 0 heterocycles. The van der Waals surface area contributed by atoms with E-state index in [0.29, 0.717) is 10.5 Å². The molecule has 4 fully saturated rings. The predicted octanol–water partition coefficient (Wildman–Crippen LogP) is 4.61. The van der Waals surface area contributed by atoms with Gasteiger partial charge >= 0.3 is 0 Å². The second kappa shape index (κ2) is 5.96. The lowest BCUT2D eigenvalue weighted by Gasteiger charge is -2.59. The van der Waals surface area contributed by atoms with E-state index in [2.05, 4.69) is 24.4 Å². The lowest BCUT2D eigenvalue weighted by molar-refractivity contribution is -0.0936. The Balaban J connectivity index is 1.59. The van der Waals surface area contributed by atoms with E-state index in [1.165, 1.54) is 63.5 Å². The van der Waals surface area contributed by atoms with Crippen molar-refractivity contribution in [1.82, 2.24) is 5.43 Å². The minimum atomic E-state index is 0.275. The number of hydrazone groups is 1. The molecule has 3 nitrogen and oxygen atoms in total. The summed E-state index contributed by atoms with van der Waals surface area (Å²) in [5, 5.41) is 4.91. The lowest BCUT2D eigenvalue weighted by Crippen LogP contribution is -2.52. The molecular weight excluding hydrogens is 314 g/mol. The number of hydrogen-bond acceptors (Lipinski definition) is 2. The Morgan fingerprint density at radius 1 is 1.08 bits per heavy atom. The number of nitrogens with two attached hydrogens (primary N) is 1. The summed E-state index contributed by atoms with van der Waals surface area (Å²) in [6.45, 7) is 5.12. The summed E-state index contributed by atoms with van der Waals surface area (Å²) in [5.74, 6) is 3.70. The maximum absolute atomic E-state index is 5.59. The van der Waals surface area contributed by atoms with Crippen LogP contribution in [0.2, 0.25) is 0 Å². The third-order valence-corrected chi connectivity index (χ3v) is 8.72. The molecule has 0 aromatic heterocycles. The van der Waals surface area contributed by atoms with Crippen LogP contribution in [0.3, 0.4) is 0 Å². The molecule has 6 atom stereocenters. The summed E-state index contributed by atoms with van der Waals surface area (Å²) in [6, 6.07) is 0. The van der Waals surface area contributed by atoms with Gasteiger partial charge in [0.05, 0.1) is 0 Å². The Labute approximate surface area is 152 Å². The summed E-state index contributed by atoms with van der Waals surface area (Å²) >= 11 is 4.94. The molecule has 0 amide bonds. The Morgan fingerprint density at radius 3 is 2.71 bits per heavy atom. The number of hydrogen-bond donors (Lipinski definition) is 2. The van der Waals surface area contributed by atoms with Gasteiger partial charge in [0.1, 0.15) is 0 Å². The molecule has 134 valence electrons. The molecule has 0 saturated heterocycles. The van der Waals surface area contributed by atoms with Crippen molar-refractivity contribution in [2.75, 3.05) is 0 Å². The SMILES string of the molecule is C[C@]12CCCCC1CCC1C2CC[C@]2(C)/C(=N/NC(N)=S)CCC12. The second-order valence-corrected chi connectivity index (χ2v) is 9.87. The van der Waals surface area contributed by atoms with Crippen LogP contribution in [0.5, 0.6) is 0 Å². The normalized spacial score (nSPS) is 49.2. The van der Waals surface area contributed by atoms with Crippen molar-refractivity contribution in [3.63, 3.8) is 0 Å². The molecule has 24 heavy (non-hydrogen) atoms. The number of nitrogens with one attached hydrogen (secondary N) is 1. The van der Waals surface area contributed by atoms with Gasteiger partial charge in [0, 0.05) is 11.1 Å². The largest absolute Gasteiger partial charge is 0.375 e. The number of rotatable bonds is 1. The fourth-order valence-corrected chi connectivity index (χ4v) is 7.44. The van der Waals surface area contributed by atoms with Gasteiger partial charge in [-0.1, -0.05) is 26.7 Å². The first kappa shape index (κ1) is 16.8. The second-order valence-electron chi connectivity index (χ2n) is 9.43. The Kier molecular flexibility index (Phi) is 4.18. The van der Waals surface area contributed by atoms with Crippen molar-refractivity contribution in [3.05, 3.63) is 0 Å². The Bertz CT molecular complexity index is 559. The van der Waals surface area contributed by atoms with Crippen molar-refractivity contribution >= 4 is 23.0 Å². The van der Waals surface area contributed by atoms with Crippen LogP contribution in [0.25, 0.3) is 0 Å². The monoisotopic (exact) mass is 347 g/mol. The van der Waals surface area contributed by atoms with E-state index in [0.717, 1.165) is 30.1 Å². The smallest absolute Gasteiger partial charge is 0.184 e. The fraction of sp³-hybridized carbons (Fsp3) is 0.900.